The Bertz CT molecular complexity index is 1330. The average Bonchev–Trinajstić information content (AvgIpc) is 3.41. The first-order valence-corrected chi connectivity index (χ1v) is 11.2. The van der Waals surface area contributed by atoms with E-state index in [0.29, 0.717) is 39.1 Å². The van der Waals surface area contributed by atoms with Crippen LogP contribution >= 0.6 is 11.8 Å². The third kappa shape index (κ3) is 3.08. The van der Waals surface area contributed by atoms with E-state index in [1.807, 2.05) is 48.5 Å². The Hall–Kier alpha value is -3.58. The van der Waals surface area contributed by atoms with Gasteiger partial charge in [0.1, 0.15) is 11.9 Å². The highest BCUT2D eigenvalue weighted by atomic mass is 32.2. The lowest BCUT2D eigenvalue weighted by molar-refractivity contribution is 0.103. The number of Topliss-reactive ketones (excluding diaryl/α,β-unsaturated/α-hetero) is 1. The Labute approximate surface area is 188 Å². The van der Waals surface area contributed by atoms with Gasteiger partial charge in [-0.05, 0) is 29.3 Å². The maximum absolute atomic E-state index is 14.1. The van der Waals surface area contributed by atoms with E-state index in [1.165, 1.54) is 17.8 Å². The van der Waals surface area contributed by atoms with Gasteiger partial charge in [-0.3, -0.25) is 4.79 Å². The molecule has 3 aromatic carbocycles. The number of thioether (sulfide) groups is 1. The summed E-state index contributed by atoms with van der Waals surface area (Å²) in [6, 6.07) is 19.4. The maximum Gasteiger partial charge on any atom is 0.231 e. The van der Waals surface area contributed by atoms with Crippen molar-refractivity contribution in [3.8, 4) is 11.5 Å². The number of rotatable bonds is 3. The molecule has 5 nitrogen and oxygen atoms in total. The Balaban J connectivity index is 1.40. The first kappa shape index (κ1) is 19.1. The lowest BCUT2D eigenvalue weighted by atomic mass is 9.95. The fourth-order valence-electron chi connectivity index (χ4n) is 4.18. The summed E-state index contributed by atoms with van der Waals surface area (Å²) in [7, 11) is 0. The number of hydrogen-bond acceptors (Lipinski definition) is 6. The van der Waals surface area contributed by atoms with Crippen molar-refractivity contribution < 1.29 is 18.7 Å². The lowest BCUT2D eigenvalue weighted by Gasteiger charge is -2.24. The van der Waals surface area contributed by atoms with Crippen LogP contribution in [0, 0.1) is 5.82 Å². The third-order valence-corrected chi connectivity index (χ3v) is 6.68. The number of ether oxygens (including phenoxy) is 2. The molecular weight excluding hydrogens is 427 g/mol. The molecule has 0 unspecified atom stereocenters. The zero-order chi connectivity index (χ0) is 21.7. The lowest BCUT2D eigenvalue weighted by Crippen LogP contribution is -2.27. The number of amidine groups is 1. The second-order valence-electron chi connectivity index (χ2n) is 7.62. The van der Waals surface area contributed by atoms with Gasteiger partial charge >= 0.3 is 0 Å². The largest absolute Gasteiger partial charge is 0.454 e. The van der Waals surface area contributed by atoms with Gasteiger partial charge in [-0.25, -0.2) is 9.38 Å². The quantitative estimate of drug-likeness (QED) is 0.609. The minimum Gasteiger partial charge on any atom is -0.454 e. The van der Waals surface area contributed by atoms with Gasteiger partial charge in [0.25, 0.3) is 0 Å². The highest BCUT2D eigenvalue weighted by Crippen LogP contribution is 2.45. The molecule has 1 atom stereocenters. The second kappa shape index (κ2) is 7.53. The molecule has 3 aromatic rings. The molecule has 3 aliphatic rings. The second-order valence-corrected chi connectivity index (χ2v) is 8.58. The molecule has 1 N–H and O–H groups in total. The SMILES string of the molecule is O=C1C2=C(NC(SCc3ccccc3F)=N[C@@H]2c2ccc3c(c2)OCO3)c2ccccc21. The number of nitrogens with one attached hydrogen (secondary N) is 1. The summed E-state index contributed by atoms with van der Waals surface area (Å²) in [5.74, 6) is 1.46. The number of fused-ring (bicyclic) bond motifs is 3. The van der Waals surface area contributed by atoms with Gasteiger partial charge in [-0.1, -0.05) is 60.3 Å². The number of carbonyl (C=O) groups is 1. The number of hydrogen-bond donors (Lipinski definition) is 1. The van der Waals surface area contributed by atoms with Gasteiger partial charge in [-0.15, -0.1) is 0 Å². The van der Waals surface area contributed by atoms with E-state index in [1.54, 1.807) is 12.1 Å². The van der Waals surface area contributed by atoms with Gasteiger partial charge in [0.05, 0.1) is 11.3 Å². The van der Waals surface area contributed by atoms with Crippen LogP contribution in [0.5, 0.6) is 11.5 Å². The summed E-state index contributed by atoms with van der Waals surface area (Å²) in [4.78, 5) is 18.2. The van der Waals surface area contributed by atoms with Crippen molar-refractivity contribution >= 4 is 28.4 Å². The Morgan fingerprint density at radius 1 is 1.00 bits per heavy atom. The topological polar surface area (TPSA) is 59.9 Å². The van der Waals surface area contributed by atoms with Crippen LogP contribution in [0.3, 0.4) is 0 Å². The standard InChI is InChI=1S/C25H17FN2O3S/c26-18-8-4-1-5-15(18)12-32-25-27-22(14-9-10-19-20(11-14)31-13-30-19)21-23(28-25)16-6-2-3-7-17(16)24(21)29/h1-11,22H,12-13H2,(H,27,28)/t22-/m1/s1. The van der Waals surface area contributed by atoms with Crippen molar-refractivity contribution in [3.63, 3.8) is 0 Å². The molecular formula is C25H17FN2O3S. The van der Waals surface area contributed by atoms with E-state index >= 15 is 0 Å². The average molecular weight is 444 g/mol. The van der Waals surface area contributed by atoms with Crippen LogP contribution in [0.2, 0.25) is 0 Å². The summed E-state index contributed by atoms with van der Waals surface area (Å²) in [5.41, 5.74) is 4.33. The number of carbonyl (C=O) groups excluding carboxylic acids is 1. The molecule has 7 heteroatoms. The number of aliphatic imine (C=N–C) groups is 1. The van der Waals surface area contributed by atoms with Crippen LogP contribution in [-0.4, -0.2) is 17.7 Å². The molecule has 0 fully saturated rings. The Morgan fingerprint density at radius 2 is 1.78 bits per heavy atom. The zero-order valence-corrected chi connectivity index (χ0v) is 17.6. The van der Waals surface area contributed by atoms with Crippen molar-refractivity contribution in [1.29, 1.82) is 0 Å². The molecule has 6 rings (SSSR count). The van der Waals surface area contributed by atoms with Crippen molar-refractivity contribution in [2.75, 3.05) is 6.79 Å². The van der Waals surface area contributed by atoms with Gasteiger partial charge in [-0.2, -0.15) is 0 Å². The van der Waals surface area contributed by atoms with Crippen LogP contribution < -0.4 is 14.8 Å². The maximum atomic E-state index is 14.1. The molecule has 1 aliphatic carbocycles. The fraction of sp³-hybridized carbons (Fsp3) is 0.120. The monoisotopic (exact) mass is 444 g/mol. The van der Waals surface area contributed by atoms with Crippen molar-refractivity contribution in [2.45, 2.75) is 11.8 Å². The van der Waals surface area contributed by atoms with Crippen LogP contribution in [0.1, 0.15) is 33.1 Å². The van der Waals surface area contributed by atoms with E-state index < -0.39 is 6.04 Å². The minimum absolute atomic E-state index is 0.0346. The molecule has 0 spiro atoms. The molecule has 158 valence electrons. The van der Waals surface area contributed by atoms with E-state index in [-0.39, 0.29) is 18.4 Å². The van der Waals surface area contributed by atoms with Gasteiger partial charge in [0.2, 0.25) is 6.79 Å². The van der Waals surface area contributed by atoms with Crippen LogP contribution in [-0.2, 0) is 5.75 Å². The van der Waals surface area contributed by atoms with Gasteiger partial charge < -0.3 is 14.8 Å². The van der Waals surface area contributed by atoms with Crippen molar-refractivity contribution in [3.05, 3.63) is 100 Å². The highest BCUT2D eigenvalue weighted by molar-refractivity contribution is 8.13. The Kier molecular flexibility index (Phi) is 4.50. The summed E-state index contributed by atoms with van der Waals surface area (Å²) < 4.78 is 25.1. The molecule has 0 amide bonds. The van der Waals surface area contributed by atoms with Gasteiger partial charge in [0, 0.05) is 16.9 Å². The normalized spacial score (nSPS) is 18.2. The summed E-state index contributed by atoms with van der Waals surface area (Å²) in [5, 5.41) is 3.98. The molecule has 2 aliphatic heterocycles. The zero-order valence-electron chi connectivity index (χ0n) is 16.8. The molecule has 0 aromatic heterocycles. The summed E-state index contributed by atoms with van der Waals surface area (Å²) in [6.07, 6.45) is 0. The fourth-order valence-corrected chi connectivity index (χ4v) is 5.06. The molecule has 2 heterocycles. The van der Waals surface area contributed by atoms with Crippen LogP contribution in [0.15, 0.2) is 77.3 Å². The van der Waals surface area contributed by atoms with Crippen molar-refractivity contribution in [2.24, 2.45) is 4.99 Å². The van der Waals surface area contributed by atoms with Crippen LogP contribution in [0.4, 0.5) is 4.39 Å². The van der Waals surface area contributed by atoms with Gasteiger partial charge in [0.15, 0.2) is 22.4 Å². The van der Waals surface area contributed by atoms with Crippen molar-refractivity contribution in [1.82, 2.24) is 5.32 Å². The molecule has 0 radical (unpaired) electrons. The Morgan fingerprint density at radius 3 is 2.66 bits per heavy atom. The molecule has 0 saturated carbocycles. The number of ketones is 1. The predicted octanol–water partition coefficient (Wildman–Crippen LogP) is 5.10. The smallest absolute Gasteiger partial charge is 0.231 e. The highest BCUT2D eigenvalue weighted by Gasteiger charge is 2.38. The molecule has 0 bridgehead atoms. The number of nitrogens with zero attached hydrogens (tertiary/aromatic N) is 1. The minimum atomic E-state index is -0.497. The molecule has 32 heavy (non-hydrogen) atoms. The number of benzene rings is 3. The van der Waals surface area contributed by atoms with E-state index in [2.05, 4.69) is 5.32 Å². The van der Waals surface area contributed by atoms with Crippen LogP contribution in [0.25, 0.3) is 5.70 Å². The van der Waals surface area contributed by atoms with E-state index in [4.69, 9.17) is 14.5 Å². The molecule has 0 saturated heterocycles. The first-order valence-electron chi connectivity index (χ1n) is 10.2. The number of halogens is 1. The summed E-state index contributed by atoms with van der Waals surface area (Å²) in [6.45, 7) is 0.177. The van der Waals surface area contributed by atoms with E-state index in [9.17, 15) is 9.18 Å². The first-order chi connectivity index (χ1) is 15.7. The summed E-state index contributed by atoms with van der Waals surface area (Å²) >= 11 is 1.41. The third-order valence-electron chi connectivity index (χ3n) is 5.74. The predicted molar refractivity (Wildman–Crippen MR) is 121 cm³/mol. The van der Waals surface area contributed by atoms with E-state index in [0.717, 1.165) is 16.8 Å².